The van der Waals surface area contributed by atoms with Gasteiger partial charge in [-0.2, -0.15) is 0 Å². The molecule has 98 valence electrons. The van der Waals surface area contributed by atoms with Gasteiger partial charge in [-0.1, -0.05) is 11.6 Å². The van der Waals surface area contributed by atoms with Crippen LogP contribution in [0.2, 0.25) is 5.02 Å². The van der Waals surface area contributed by atoms with Gasteiger partial charge in [0.1, 0.15) is 5.75 Å². The van der Waals surface area contributed by atoms with Crippen molar-refractivity contribution in [3.05, 3.63) is 46.2 Å². The van der Waals surface area contributed by atoms with Gasteiger partial charge in [0.2, 0.25) is 0 Å². The number of aromatic nitrogens is 2. The summed E-state index contributed by atoms with van der Waals surface area (Å²) in [4.78, 5) is 18.4. The molecule has 2 aromatic rings. The number of halogens is 1. The molecule has 1 N–H and O–H groups in total. The van der Waals surface area contributed by atoms with E-state index in [2.05, 4.69) is 9.97 Å². The molecule has 0 fully saturated rings. The zero-order chi connectivity index (χ0) is 14.0. The highest BCUT2D eigenvalue weighted by Gasteiger charge is 2.10. The quantitative estimate of drug-likeness (QED) is 0.933. The number of aryl methyl sites for hydroxylation is 2. The number of hydrogen-bond donors (Lipinski definition) is 1. The maximum absolute atomic E-state index is 10.7. The third-order valence-electron chi connectivity index (χ3n) is 2.49. The molecule has 1 heterocycles. The van der Waals surface area contributed by atoms with E-state index in [1.807, 2.05) is 13.8 Å². The Morgan fingerprint density at radius 3 is 2.21 bits per heavy atom. The van der Waals surface area contributed by atoms with Crippen LogP contribution in [-0.4, -0.2) is 21.0 Å². The Balaban J connectivity index is 2.29. The van der Waals surface area contributed by atoms with Gasteiger partial charge in [-0.25, -0.2) is 14.8 Å². The largest absolute Gasteiger partial charge is 0.478 e. The molecule has 1 aromatic heterocycles. The number of aromatic carboxylic acids is 1. The van der Waals surface area contributed by atoms with Crippen LogP contribution in [0.4, 0.5) is 0 Å². The summed E-state index contributed by atoms with van der Waals surface area (Å²) in [5, 5.41) is 9.38. The standard InChI is InChI=1S/C13H11ClN2O3/c1-7-3-10(14)4-8(2)11(7)19-13-15-5-9(6-16-13)12(17)18/h3-6H,1-2H3,(H,17,18). The second kappa shape index (κ2) is 5.24. The molecule has 0 bridgehead atoms. The number of hydrogen-bond acceptors (Lipinski definition) is 4. The number of ether oxygens (including phenoxy) is 1. The molecule has 19 heavy (non-hydrogen) atoms. The fourth-order valence-corrected chi connectivity index (χ4v) is 1.96. The predicted octanol–water partition coefficient (Wildman–Crippen LogP) is 3.24. The zero-order valence-corrected chi connectivity index (χ0v) is 11.1. The minimum absolute atomic E-state index is 0.0110. The maximum atomic E-state index is 10.7. The first-order chi connectivity index (χ1) is 8.97. The lowest BCUT2D eigenvalue weighted by atomic mass is 10.1. The van der Waals surface area contributed by atoms with Gasteiger partial charge in [-0.05, 0) is 37.1 Å². The van der Waals surface area contributed by atoms with E-state index in [-0.39, 0.29) is 11.6 Å². The fourth-order valence-electron chi connectivity index (χ4n) is 1.63. The number of carbonyl (C=O) groups is 1. The Labute approximate surface area is 114 Å². The summed E-state index contributed by atoms with van der Waals surface area (Å²) in [6.45, 7) is 3.72. The molecule has 2 rings (SSSR count). The van der Waals surface area contributed by atoms with Gasteiger partial charge in [0.15, 0.2) is 0 Å². The van der Waals surface area contributed by atoms with Gasteiger partial charge in [-0.15, -0.1) is 0 Å². The van der Waals surface area contributed by atoms with Crippen molar-refractivity contribution in [2.75, 3.05) is 0 Å². The highest BCUT2D eigenvalue weighted by molar-refractivity contribution is 6.30. The van der Waals surface area contributed by atoms with E-state index in [4.69, 9.17) is 21.4 Å². The molecule has 0 aliphatic heterocycles. The van der Waals surface area contributed by atoms with Crippen LogP contribution in [-0.2, 0) is 0 Å². The summed E-state index contributed by atoms with van der Waals surface area (Å²) in [6.07, 6.45) is 2.40. The zero-order valence-electron chi connectivity index (χ0n) is 10.3. The molecule has 5 nitrogen and oxygen atoms in total. The van der Waals surface area contributed by atoms with Gasteiger partial charge in [0.25, 0.3) is 0 Å². The van der Waals surface area contributed by atoms with Crippen LogP contribution in [0.3, 0.4) is 0 Å². The first kappa shape index (κ1) is 13.3. The van der Waals surface area contributed by atoms with Gasteiger partial charge < -0.3 is 9.84 Å². The lowest BCUT2D eigenvalue weighted by Crippen LogP contribution is -2.01. The average molecular weight is 279 g/mol. The summed E-state index contributed by atoms with van der Waals surface area (Å²) in [6, 6.07) is 3.64. The molecule has 0 saturated heterocycles. The predicted molar refractivity (Wildman–Crippen MR) is 70.0 cm³/mol. The van der Waals surface area contributed by atoms with Crippen molar-refractivity contribution >= 4 is 17.6 Å². The molecule has 0 spiro atoms. The Morgan fingerprint density at radius 1 is 1.21 bits per heavy atom. The van der Waals surface area contributed by atoms with Crippen molar-refractivity contribution in [2.24, 2.45) is 0 Å². The van der Waals surface area contributed by atoms with Crippen molar-refractivity contribution in [3.63, 3.8) is 0 Å². The number of nitrogens with zero attached hydrogens (tertiary/aromatic N) is 2. The van der Waals surface area contributed by atoms with Crippen molar-refractivity contribution < 1.29 is 14.6 Å². The van der Waals surface area contributed by atoms with Crippen molar-refractivity contribution in [1.82, 2.24) is 9.97 Å². The fraction of sp³-hybridized carbons (Fsp3) is 0.154. The summed E-state index contributed by atoms with van der Waals surface area (Å²) in [7, 11) is 0. The molecule has 0 unspecified atom stereocenters. The van der Waals surface area contributed by atoms with Gasteiger partial charge in [0.05, 0.1) is 5.56 Å². The molecule has 0 radical (unpaired) electrons. The van der Waals surface area contributed by atoms with E-state index < -0.39 is 5.97 Å². The molecule has 0 aliphatic rings. The summed E-state index contributed by atoms with van der Waals surface area (Å²) in [5.41, 5.74) is 1.73. The van der Waals surface area contributed by atoms with Gasteiger partial charge in [0, 0.05) is 17.4 Å². The lowest BCUT2D eigenvalue weighted by molar-refractivity contribution is 0.0696. The van der Waals surface area contributed by atoms with E-state index in [1.54, 1.807) is 12.1 Å². The van der Waals surface area contributed by atoms with Crippen LogP contribution >= 0.6 is 11.6 Å². The molecule has 0 amide bonds. The number of benzene rings is 1. The Hall–Kier alpha value is -2.14. The van der Waals surface area contributed by atoms with Crippen LogP contribution in [0.5, 0.6) is 11.8 Å². The van der Waals surface area contributed by atoms with E-state index in [1.165, 1.54) is 12.4 Å². The molecule has 6 heteroatoms. The summed E-state index contributed by atoms with van der Waals surface area (Å²) < 4.78 is 5.56. The maximum Gasteiger partial charge on any atom is 0.338 e. The van der Waals surface area contributed by atoms with Gasteiger partial charge >= 0.3 is 12.0 Å². The molecule has 0 aliphatic carbocycles. The van der Waals surface area contributed by atoms with Crippen molar-refractivity contribution in [3.8, 4) is 11.8 Å². The number of rotatable bonds is 3. The number of carboxylic acid groups (broad SMARTS) is 1. The van der Waals surface area contributed by atoms with Crippen LogP contribution < -0.4 is 4.74 Å². The van der Waals surface area contributed by atoms with Crippen molar-refractivity contribution in [2.45, 2.75) is 13.8 Å². The summed E-state index contributed by atoms with van der Waals surface area (Å²) in [5.74, 6) is -0.460. The van der Waals surface area contributed by atoms with Crippen LogP contribution in [0, 0.1) is 13.8 Å². The van der Waals surface area contributed by atoms with E-state index in [0.717, 1.165) is 11.1 Å². The molecular weight excluding hydrogens is 268 g/mol. The third-order valence-corrected chi connectivity index (χ3v) is 2.71. The molecule has 0 atom stereocenters. The molecular formula is C13H11ClN2O3. The third kappa shape index (κ3) is 3.00. The van der Waals surface area contributed by atoms with Crippen molar-refractivity contribution in [1.29, 1.82) is 0 Å². The first-order valence-electron chi connectivity index (χ1n) is 5.47. The second-order valence-corrected chi connectivity index (χ2v) is 4.47. The lowest BCUT2D eigenvalue weighted by Gasteiger charge is -2.10. The molecule has 1 aromatic carbocycles. The smallest absolute Gasteiger partial charge is 0.338 e. The minimum Gasteiger partial charge on any atom is -0.478 e. The Morgan fingerprint density at radius 2 is 1.74 bits per heavy atom. The first-order valence-corrected chi connectivity index (χ1v) is 5.85. The van der Waals surface area contributed by atoms with Crippen LogP contribution in [0.25, 0.3) is 0 Å². The highest BCUT2D eigenvalue weighted by atomic mass is 35.5. The van der Waals surface area contributed by atoms with E-state index in [0.29, 0.717) is 10.8 Å². The Kier molecular flexibility index (Phi) is 3.66. The second-order valence-electron chi connectivity index (χ2n) is 4.03. The highest BCUT2D eigenvalue weighted by Crippen LogP contribution is 2.29. The van der Waals surface area contributed by atoms with E-state index >= 15 is 0 Å². The van der Waals surface area contributed by atoms with Crippen LogP contribution in [0.1, 0.15) is 21.5 Å². The summed E-state index contributed by atoms with van der Waals surface area (Å²) >= 11 is 5.93. The topological polar surface area (TPSA) is 72.3 Å². The van der Waals surface area contributed by atoms with Crippen LogP contribution in [0.15, 0.2) is 24.5 Å². The van der Waals surface area contributed by atoms with E-state index in [9.17, 15) is 4.79 Å². The Bertz CT molecular complexity index is 603. The monoisotopic (exact) mass is 278 g/mol. The SMILES string of the molecule is Cc1cc(Cl)cc(C)c1Oc1ncc(C(=O)O)cn1. The average Bonchev–Trinajstić information content (AvgIpc) is 2.34. The number of carboxylic acids is 1. The minimum atomic E-state index is -1.08. The molecule has 0 saturated carbocycles. The van der Waals surface area contributed by atoms with Gasteiger partial charge in [-0.3, -0.25) is 0 Å². The normalized spacial score (nSPS) is 10.3.